The van der Waals surface area contributed by atoms with Gasteiger partial charge in [0.05, 0.1) is 17.4 Å². The van der Waals surface area contributed by atoms with Crippen LogP contribution >= 0.6 is 11.8 Å². The fourth-order valence-corrected chi connectivity index (χ4v) is 2.84. The van der Waals surface area contributed by atoms with Crippen LogP contribution in [0.5, 0.6) is 0 Å². The zero-order chi connectivity index (χ0) is 18.1. The molecule has 2 N–H and O–H groups in total. The minimum atomic E-state index is -0.118. The summed E-state index contributed by atoms with van der Waals surface area (Å²) in [6, 6.07) is 16.4. The van der Waals surface area contributed by atoms with Gasteiger partial charge in [-0.1, -0.05) is 12.1 Å². The predicted octanol–water partition coefficient (Wildman–Crippen LogP) is 2.72. The van der Waals surface area contributed by atoms with Crippen molar-refractivity contribution >= 4 is 23.6 Å². The third kappa shape index (κ3) is 5.98. The SMILES string of the molecule is CCNC(=O)c1cccc(CNC(=O)CSc2ccc(C#N)cc2)c1. The summed E-state index contributed by atoms with van der Waals surface area (Å²) in [6.45, 7) is 2.82. The molecule has 0 aromatic heterocycles. The highest BCUT2D eigenvalue weighted by Crippen LogP contribution is 2.17. The molecular formula is C19H19N3O2S. The second kappa shape index (κ2) is 9.50. The fraction of sp³-hybridized carbons (Fsp3) is 0.211. The Balaban J connectivity index is 1.82. The van der Waals surface area contributed by atoms with E-state index in [1.54, 1.807) is 30.3 Å². The Morgan fingerprint density at radius 3 is 2.56 bits per heavy atom. The molecule has 0 saturated carbocycles. The largest absolute Gasteiger partial charge is 0.352 e. The number of hydrogen-bond donors (Lipinski definition) is 2. The quantitative estimate of drug-likeness (QED) is 0.750. The van der Waals surface area contributed by atoms with E-state index in [1.165, 1.54) is 11.8 Å². The molecule has 0 aliphatic carbocycles. The summed E-state index contributed by atoms with van der Waals surface area (Å²) < 4.78 is 0. The molecule has 0 atom stereocenters. The highest BCUT2D eigenvalue weighted by molar-refractivity contribution is 8.00. The molecule has 2 aromatic rings. The molecule has 0 aliphatic heterocycles. The van der Waals surface area contributed by atoms with E-state index in [-0.39, 0.29) is 11.8 Å². The molecule has 0 spiro atoms. The first kappa shape index (κ1) is 18.6. The first-order valence-corrected chi connectivity index (χ1v) is 8.87. The Hall–Kier alpha value is -2.78. The molecule has 0 heterocycles. The van der Waals surface area contributed by atoms with Crippen molar-refractivity contribution in [2.75, 3.05) is 12.3 Å². The number of amides is 2. The van der Waals surface area contributed by atoms with Crippen LogP contribution in [0.4, 0.5) is 0 Å². The Morgan fingerprint density at radius 1 is 1.12 bits per heavy atom. The Labute approximate surface area is 151 Å². The summed E-state index contributed by atoms with van der Waals surface area (Å²) in [5.74, 6) is 0.0897. The Kier molecular flexibility index (Phi) is 7.05. The molecule has 25 heavy (non-hydrogen) atoms. The van der Waals surface area contributed by atoms with Crippen LogP contribution in [0.3, 0.4) is 0 Å². The molecule has 0 aliphatic rings. The number of rotatable bonds is 7. The highest BCUT2D eigenvalue weighted by Gasteiger charge is 2.06. The van der Waals surface area contributed by atoms with Gasteiger partial charge in [-0.25, -0.2) is 0 Å². The minimum absolute atomic E-state index is 0.0854. The van der Waals surface area contributed by atoms with Gasteiger partial charge in [0.1, 0.15) is 0 Å². The van der Waals surface area contributed by atoms with E-state index in [4.69, 9.17) is 5.26 Å². The lowest BCUT2D eigenvalue weighted by Gasteiger charge is -2.07. The number of nitriles is 1. The zero-order valence-electron chi connectivity index (χ0n) is 13.9. The Morgan fingerprint density at radius 2 is 1.88 bits per heavy atom. The third-order valence-electron chi connectivity index (χ3n) is 3.37. The summed E-state index contributed by atoms with van der Waals surface area (Å²) in [5.41, 5.74) is 2.06. The summed E-state index contributed by atoms with van der Waals surface area (Å²) in [6.07, 6.45) is 0. The molecule has 0 bridgehead atoms. The Bertz CT molecular complexity index is 782. The van der Waals surface area contributed by atoms with Gasteiger partial charge in [0.15, 0.2) is 0 Å². The van der Waals surface area contributed by atoms with Crippen LogP contribution in [0, 0.1) is 11.3 Å². The number of thioether (sulfide) groups is 1. The zero-order valence-corrected chi connectivity index (χ0v) is 14.7. The topological polar surface area (TPSA) is 82.0 Å². The van der Waals surface area contributed by atoms with Crippen LogP contribution in [0.15, 0.2) is 53.4 Å². The van der Waals surface area contributed by atoms with Crippen molar-refractivity contribution in [3.8, 4) is 6.07 Å². The van der Waals surface area contributed by atoms with Gasteiger partial charge >= 0.3 is 0 Å². The predicted molar refractivity (Wildman–Crippen MR) is 98.2 cm³/mol. The summed E-state index contributed by atoms with van der Waals surface area (Å²) in [5, 5.41) is 14.4. The van der Waals surface area contributed by atoms with Crippen molar-refractivity contribution in [2.45, 2.75) is 18.4 Å². The maximum absolute atomic E-state index is 12.0. The average molecular weight is 353 g/mol. The van der Waals surface area contributed by atoms with E-state index >= 15 is 0 Å². The lowest BCUT2D eigenvalue weighted by atomic mass is 10.1. The fourth-order valence-electron chi connectivity index (χ4n) is 2.11. The summed E-state index contributed by atoms with van der Waals surface area (Å²) >= 11 is 1.41. The van der Waals surface area contributed by atoms with E-state index in [2.05, 4.69) is 16.7 Å². The summed E-state index contributed by atoms with van der Waals surface area (Å²) in [4.78, 5) is 24.7. The second-order valence-corrected chi connectivity index (χ2v) is 6.31. The lowest BCUT2D eigenvalue weighted by Crippen LogP contribution is -2.25. The van der Waals surface area contributed by atoms with Crippen molar-refractivity contribution in [1.82, 2.24) is 10.6 Å². The van der Waals surface area contributed by atoms with Crippen LogP contribution in [0.2, 0.25) is 0 Å². The molecule has 6 heteroatoms. The van der Waals surface area contributed by atoms with Gasteiger partial charge in [0.2, 0.25) is 5.91 Å². The van der Waals surface area contributed by atoms with Gasteiger partial charge in [0, 0.05) is 23.5 Å². The van der Waals surface area contributed by atoms with Crippen LogP contribution in [0.25, 0.3) is 0 Å². The van der Waals surface area contributed by atoms with Crippen LogP contribution in [-0.2, 0) is 11.3 Å². The first-order valence-electron chi connectivity index (χ1n) is 7.89. The number of nitrogens with one attached hydrogen (secondary N) is 2. The van der Waals surface area contributed by atoms with Gasteiger partial charge in [-0.05, 0) is 48.9 Å². The van der Waals surface area contributed by atoms with Crippen molar-refractivity contribution in [2.24, 2.45) is 0 Å². The number of hydrogen-bond acceptors (Lipinski definition) is 4. The number of carbonyl (C=O) groups excluding carboxylic acids is 2. The molecule has 128 valence electrons. The third-order valence-corrected chi connectivity index (χ3v) is 4.38. The second-order valence-electron chi connectivity index (χ2n) is 5.26. The van der Waals surface area contributed by atoms with Crippen LogP contribution in [0.1, 0.15) is 28.4 Å². The van der Waals surface area contributed by atoms with Gasteiger partial charge in [-0.2, -0.15) is 5.26 Å². The molecule has 0 fully saturated rings. The highest BCUT2D eigenvalue weighted by atomic mass is 32.2. The molecule has 0 radical (unpaired) electrons. The van der Waals surface area contributed by atoms with Gasteiger partial charge in [-0.3, -0.25) is 9.59 Å². The molecule has 2 aromatic carbocycles. The number of benzene rings is 2. The van der Waals surface area contributed by atoms with E-state index in [1.807, 2.05) is 25.1 Å². The normalized spacial score (nSPS) is 9.92. The number of nitrogens with zero attached hydrogens (tertiary/aromatic N) is 1. The van der Waals surface area contributed by atoms with Gasteiger partial charge in [0.25, 0.3) is 5.91 Å². The van der Waals surface area contributed by atoms with E-state index in [0.717, 1.165) is 10.5 Å². The average Bonchev–Trinajstić information content (AvgIpc) is 2.65. The van der Waals surface area contributed by atoms with Crippen molar-refractivity contribution in [3.63, 3.8) is 0 Å². The molecule has 5 nitrogen and oxygen atoms in total. The molecule has 2 amide bonds. The lowest BCUT2D eigenvalue weighted by molar-refractivity contribution is -0.118. The molecule has 0 unspecified atom stereocenters. The standard InChI is InChI=1S/C19H19N3O2S/c1-2-21-19(24)16-5-3-4-15(10-16)12-22-18(23)13-25-17-8-6-14(11-20)7-9-17/h3-10H,2,12-13H2,1H3,(H,21,24)(H,22,23). The van der Waals surface area contributed by atoms with Crippen molar-refractivity contribution in [3.05, 3.63) is 65.2 Å². The van der Waals surface area contributed by atoms with Gasteiger partial charge < -0.3 is 10.6 Å². The van der Waals surface area contributed by atoms with E-state index < -0.39 is 0 Å². The first-order chi connectivity index (χ1) is 12.1. The maximum Gasteiger partial charge on any atom is 0.251 e. The smallest absolute Gasteiger partial charge is 0.251 e. The molecular weight excluding hydrogens is 334 g/mol. The van der Waals surface area contributed by atoms with Crippen molar-refractivity contribution in [1.29, 1.82) is 5.26 Å². The molecule has 2 rings (SSSR count). The molecule has 0 saturated heterocycles. The van der Waals surface area contributed by atoms with Crippen LogP contribution < -0.4 is 10.6 Å². The minimum Gasteiger partial charge on any atom is -0.352 e. The van der Waals surface area contributed by atoms with Crippen molar-refractivity contribution < 1.29 is 9.59 Å². The monoisotopic (exact) mass is 353 g/mol. The van der Waals surface area contributed by atoms with Gasteiger partial charge in [-0.15, -0.1) is 11.8 Å². The maximum atomic E-state index is 12.0. The van der Waals surface area contributed by atoms with E-state index in [0.29, 0.717) is 30.0 Å². The van der Waals surface area contributed by atoms with E-state index in [9.17, 15) is 9.59 Å². The number of carbonyl (C=O) groups is 2. The summed E-state index contributed by atoms with van der Waals surface area (Å²) in [7, 11) is 0. The van der Waals surface area contributed by atoms with Crippen LogP contribution in [-0.4, -0.2) is 24.1 Å².